The van der Waals surface area contributed by atoms with E-state index >= 15 is 0 Å². The van der Waals surface area contributed by atoms with E-state index in [-0.39, 0.29) is 5.78 Å². The molecule has 2 aromatic carbocycles. The van der Waals surface area contributed by atoms with Gasteiger partial charge in [-0.05, 0) is 36.8 Å². The third-order valence-electron chi connectivity index (χ3n) is 4.77. The lowest BCUT2D eigenvalue weighted by molar-refractivity contribution is -0.139. The smallest absolute Gasteiger partial charge is 0.264 e. The Labute approximate surface area is 152 Å². The fourth-order valence-electron chi connectivity index (χ4n) is 3.38. The zero-order chi connectivity index (χ0) is 18.2. The van der Waals surface area contributed by atoms with Crippen molar-refractivity contribution in [3.05, 3.63) is 64.7 Å². The standard InChI is InChI=1S/C20H20ClNO3/c1-3-12-22-17-7-5-4-6-16(17)20(25,19(22)24)13(2)18(23)14-8-10-15(21)11-9-14/h4-11,13,25H,3,12H2,1-2H3/t13-,20-/m1/s1. The van der Waals surface area contributed by atoms with Crippen LogP contribution in [0.5, 0.6) is 0 Å². The molecule has 0 fully saturated rings. The summed E-state index contributed by atoms with van der Waals surface area (Å²) in [4.78, 5) is 27.5. The monoisotopic (exact) mass is 357 g/mol. The number of halogens is 1. The highest BCUT2D eigenvalue weighted by molar-refractivity contribution is 6.30. The van der Waals surface area contributed by atoms with E-state index in [0.717, 1.165) is 6.42 Å². The number of rotatable bonds is 5. The summed E-state index contributed by atoms with van der Waals surface area (Å²) in [7, 11) is 0. The highest BCUT2D eigenvalue weighted by Crippen LogP contribution is 2.45. The van der Waals surface area contributed by atoms with Gasteiger partial charge in [0.2, 0.25) is 0 Å². The number of Topliss-reactive ketones (excluding diaryl/α,β-unsaturated/α-hetero) is 1. The van der Waals surface area contributed by atoms with E-state index in [9.17, 15) is 14.7 Å². The molecule has 1 aliphatic rings. The number of ketones is 1. The fraction of sp³-hybridized carbons (Fsp3) is 0.300. The van der Waals surface area contributed by atoms with Gasteiger partial charge in [0, 0.05) is 22.7 Å². The molecule has 25 heavy (non-hydrogen) atoms. The molecule has 1 aliphatic heterocycles. The lowest BCUT2D eigenvalue weighted by atomic mass is 9.79. The molecule has 4 nitrogen and oxygen atoms in total. The Morgan fingerprint density at radius 1 is 1.20 bits per heavy atom. The van der Waals surface area contributed by atoms with Crippen molar-refractivity contribution in [3.63, 3.8) is 0 Å². The molecule has 2 atom stereocenters. The van der Waals surface area contributed by atoms with Gasteiger partial charge >= 0.3 is 0 Å². The molecule has 0 radical (unpaired) electrons. The summed E-state index contributed by atoms with van der Waals surface area (Å²) in [6.07, 6.45) is 0.760. The topological polar surface area (TPSA) is 57.6 Å². The molecule has 130 valence electrons. The van der Waals surface area contributed by atoms with Crippen LogP contribution >= 0.6 is 11.6 Å². The molecule has 0 saturated heterocycles. The fourth-order valence-corrected chi connectivity index (χ4v) is 3.51. The second-order valence-corrected chi connectivity index (χ2v) is 6.77. The lowest BCUT2D eigenvalue weighted by Crippen LogP contribution is -2.47. The minimum atomic E-state index is -1.86. The Hall–Kier alpha value is -2.17. The van der Waals surface area contributed by atoms with Crippen LogP contribution in [0.4, 0.5) is 5.69 Å². The number of para-hydroxylation sites is 1. The van der Waals surface area contributed by atoms with Crippen molar-refractivity contribution in [1.82, 2.24) is 0 Å². The number of fused-ring (bicyclic) bond motifs is 1. The van der Waals surface area contributed by atoms with Crippen molar-refractivity contribution < 1.29 is 14.7 Å². The zero-order valence-electron chi connectivity index (χ0n) is 14.2. The number of hydrogen-bond donors (Lipinski definition) is 1. The van der Waals surface area contributed by atoms with E-state index in [1.807, 2.05) is 13.0 Å². The van der Waals surface area contributed by atoms with E-state index in [4.69, 9.17) is 11.6 Å². The number of carbonyl (C=O) groups is 2. The van der Waals surface area contributed by atoms with E-state index in [1.54, 1.807) is 54.3 Å². The zero-order valence-corrected chi connectivity index (χ0v) is 15.0. The van der Waals surface area contributed by atoms with Crippen LogP contribution in [-0.2, 0) is 10.4 Å². The predicted molar refractivity (Wildman–Crippen MR) is 97.9 cm³/mol. The van der Waals surface area contributed by atoms with Crippen LogP contribution in [0.25, 0.3) is 0 Å². The van der Waals surface area contributed by atoms with Gasteiger partial charge in [-0.1, -0.05) is 43.6 Å². The largest absolute Gasteiger partial charge is 0.375 e. The van der Waals surface area contributed by atoms with Crippen molar-refractivity contribution >= 4 is 29.0 Å². The third kappa shape index (κ3) is 2.75. The maximum absolute atomic E-state index is 13.0. The van der Waals surface area contributed by atoms with Crippen molar-refractivity contribution in [2.24, 2.45) is 5.92 Å². The van der Waals surface area contributed by atoms with Gasteiger partial charge in [0.25, 0.3) is 5.91 Å². The van der Waals surface area contributed by atoms with Gasteiger partial charge in [-0.25, -0.2) is 0 Å². The first-order valence-corrected chi connectivity index (χ1v) is 8.72. The van der Waals surface area contributed by atoms with Crippen LogP contribution in [0.3, 0.4) is 0 Å². The van der Waals surface area contributed by atoms with Crippen LogP contribution in [0.2, 0.25) is 5.02 Å². The van der Waals surface area contributed by atoms with E-state index in [0.29, 0.717) is 28.4 Å². The van der Waals surface area contributed by atoms with Crippen LogP contribution in [-0.4, -0.2) is 23.3 Å². The van der Waals surface area contributed by atoms with Crippen molar-refractivity contribution in [3.8, 4) is 0 Å². The van der Waals surface area contributed by atoms with Gasteiger partial charge in [-0.3, -0.25) is 9.59 Å². The SMILES string of the molecule is CCCN1C(=O)[C@@](O)([C@H](C)C(=O)c2ccc(Cl)cc2)c2ccccc21. The van der Waals surface area contributed by atoms with Crippen LogP contribution in [0.1, 0.15) is 36.2 Å². The molecule has 5 heteroatoms. The first kappa shape index (κ1) is 17.6. The summed E-state index contributed by atoms with van der Waals surface area (Å²) in [5.74, 6) is -1.64. The summed E-state index contributed by atoms with van der Waals surface area (Å²) in [6.45, 7) is 4.07. The highest BCUT2D eigenvalue weighted by Gasteiger charge is 2.54. The number of benzene rings is 2. The Bertz CT molecular complexity index is 818. The van der Waals surface area contributed by atoms with Gasteiger partial charge in [0.1, 0.15) is 0 Å². The lowest BCUT2D eigenvalue weighted by Gasteiger charge is -2.28. The predicted octanol–water partition coefficient (Wildman–Crippen LogP) is 3.80. The van der Waals surface area contributed by atoms with E-state index in [1.165, 1.54) is 0 Å². The third-order valence-corrected chi connectivity index (χ3v) is 5.02. The average Bonchev–Trinajstić information content (AvgIpc) is 2.84. The summed E-state index contributed by atoms with van der Waals surface area (Å²) in [6, 6.07) is 13.6. The minimum absolute atomic E-state index is 0.291. The van der Waals surface area contributed by atoms with Gasteiger partial charge in [-0.2, -0.15) is 0 Å². The molecule has 0 bridgehead atoms. The number of carbonyl (C=O) groups excluding carboxylic acids is 2. The van der Waals surface area contributed by atoms with Crippen LogP contribution in [0.15, 0.2) is 48.5 Å². The summed E-state index contributed by atoms with van der Waals surface area (Å²) < 4.78 is 0. The molecule has 0 aliphatic carbocycles. The molecule has 0 unspecified atom stereocenters. The van der Waals surface area contributed by atoms with Crippen LogP contribution < -0.4 is 4.90 Å². The first-order valence-electron chi connectivity index (χ1n) is 8.34. The van der Waals surface area contributed by atoms with Crippen molar-refractivity contribution in [1.29, 1.82) is 0 Å². The first-order chi connectivity index (χ1) is 11.9. The van der Waals surface area contributed by atoms with Crippen LogP contribution in [0, 0.1) is 5.92 Å². The molecule has 3 rings (SSSR count). The van der Waals surface area contributed by atoms with E-state index < -0.39 is 17.4 Å². The number of nitrogens with zero attached hydrogens (tertiary/aromatic N) is 1. The summed E-state index contributed by atoms with van der Waals surface area (Å²) in [5, 5.41) is 11.9. The molecule has 1 N–H and O–H groups in total. The van der Waals surface area contributed by atoms with Gasteiger partial charge < -0.3 is 10.0 Å². The number of anilines is 1. The van der Waals surface area contributed by atoms with Gasteiger partial charge in [-0.15, -0.1) is 0 Å². The minimum Gasteiger partial charge on any atom is -0.375 e. The Kier molecular flexibility index (Phi) is 4.67. The summed E-state index contributed by atoms with van der Waals surface area (Å²) >= 11 is 5.87. The number of amides is 1. The molecule has 0 aromatic heterocycles. The summed E-state index contributed by atoms with van der Waals surface area (Å²) in [5.41, 5.74) is -0.275. The molecule has 0 spiro atoms. The molecular formula is C20H20ClNO3. The quantitative estimate of drug-likeness (QED) is 0.828. The van der Waals surface area contributed by atoms with Crippen molar-refractivity contribution in [2.45, 2.75) is 25.9 Å². The Morgan fingerprint density at radius 2 is 1.84 bits per heavy atom. The Morgan fingerprint density at radius 3 is 2.48 bits per heavy atom. The Balaban J connectivity index is 2.03. The molecule has 0 saturated carbocycles. The van der Waals surface area contributed by atoms with E-state index in [2.05, 4.69) is 0 Å². The second-order valence-electron chi connectivity index (χ2n) is 6.33. The number of hydrogen-bond acceptors (Lipinski definition) is 3. The maximum atomic E-state index is 13.0. The van der Waals surface area contributed by atoms with Crippen molar-refractivity contribution in [2.75, 3.05) is 11.4 Å². The molecule has 1 amide bonds. The normalized spacial score (nSPS) is 20.5. The molecule has 2 aromatic rings. The second kappa shape index (κ2) is 6.62. The molecule has 1 heterocycles. The maximum Gasteiger partial charge on any atom is 0.264 e. The van der Waals surface area contributed by atoms with Gasteiger partial charge in [0.05, 0.1) is 11.6 Å². The molecular weight excluding hydrogens is 338 g/mol. The number of aliphatic hydroxyl groups is 1. The highest BCUT2D eigenvalue weighted by atomic mass is 35.5. The van der Waals surface area contributed by atoms with Gasteiger partial charge in [0.15, 0.2) is 11.4 Å². The average molecular weight is 358 g/mol.